The van der Waals surface area contributed by atoms with E-state index in [2.05, 4.69) is 66.1 Å². The fraction of sp³-hybridized carbons (Fsp3) is 0.760. The zero-order valence-corrected chi connectivity index (χ0v) is 19.6. The third-order valence-corrected chi connectivity index (χ3v) is 7.15. The highest BCUT2D eigenvalue weighted by atomic mass is 16.7. The van der Waals surface area contributed by atoms with Crippen molar-refractivity contribution in [3.63, 3.8) is 0 Å². The number of nitrogens with one attached hydrogen (secondary N) is 1. The number of hydrogen-bond donors (Lipinski definition) is 1. The van der Waals surface area contributed by atoms with Gasteiger partial charge in [-0.25, -0.2) is 0 Å². The summed E-state index contributed by atoms with van der Waals surface area (Å²) in [4.78, 5) is 13.6. The summed E-state index contributed by atoms with van der Waals surface area (Å²) in [6, 6.07) is 8.16. The van der Waals surface area contributed by atoms with E-state index in [1.165, 1.54) is 76.0 Å². The lowest BCUT2D eigenvalue weighted by Gasteiger charge is -2.42. The largest absolute Gasteiger partial charge is 0.339 e. The van der Waals surface area contributed by atoms with Crippen LogP contribution < -0.4 is 10.4 Å². The Morgan fingerprint density at radius 2 is 1.87 bits per heavy atom. The minimum absolute atomic E-state index is 0.100. The predicted molar refractivity (Wildman–Crippen MR) is 126 cm³/mol. The van der Waals surface area contributed by atoms with E-state index in [1.807, 2.05) is 0 Å². The molecule has 0 amide bonds. The number of anilines is 2. The first-order valence-electron chi connectivity index (χ1n) is 12.4. The minimum Gasteiger partial charge on any atom is -0.339 e. The van der Waals surface area contributed by atoms with E-state index in [-0.39, 0.29) is 6.23 Å². The van der Waals surface area contributed by atoms with Gasteiger partial charge in [-0.1, -0.05) is 32.8 Å². The molecule has 1 saturated carbocycles. The molecule has 30 heavy (non-hydrogen) atoms. The van der Waals surface area contributed by atoms with Gasteiger partial charge in [-0.2, -0.15) is 0 Å². The van der Waals surface area contributed by atoms with Crippen LogP contribution in [-0.2, 0) is 11.4 Å². The Balaban J connectivity index is 1.36. The first kappa shape index (κ1) is 21.9. The molecule has 0 spiro atoms. The minimum atomic E-state index is 0.100. The lowest BCUT2D eigenvalue weighted by atomic mass is 9.96. The number of nitrogens with zero attached hydrogens (tertiary/aromatic N) is 3. The van der Waals surface area contributed by atoms with E-state index in [1.54, 1.807) is 0 Å². The van der Waals surface area contributed by atoms with Crippen LogP contribution in [-0.4, -0.2) is 54.3 Å². The van der Waals surface area contributed by atoms with Crippen molar-refractivity contribution in [3.8, 4) is 0 Å². The van der Waals surface area contributed by atoms with Crippen molar-refractivity contribution in [2.75, 3.05) is 36.6 Å². The molecular formula is C25H42N4O. The predicted octanol–water partition coefficient (Wildman–Crippen LogP) is 5.08. The van der Waals surface area contributed by atoms with Crippen LogP contribution in [0.4, 0.5) is 11.4 Å². The average molecular weight is 415 g/mol. The van der Waals surface area contributed by atoms with Crippen molar-refractivity contribution in [1.82, 2.24) is 9.80 Å². The van der Waals surface area contributed by atoms with Crippen molar-refractivity contribution in [2.24, 2.45) is 5.92 Å². The van der Waals surface area contributed by atoms with Gasteiger partial charge in [0, 0.05) is 44.8 Å². The SMILES string of the molecule is CCCC(CCC)CN1CCN(Cc2ccc3c(c2)N(C2CC2)C(C)ON3)CC1C. The molecule has 2 unspecified atom stereocenters. The molecule has 168 valence electrons. The second-order valence-electron chi connectivity index (χ2n) is 9.83. The van der Waals surface area contributed by atoms with Crippen molar-refractivity contribution in [1.29, 1.82) is 0 Å². The maximum absolute atomic E-state index is 5.76. The van der Waals surface area contributed by atoms with Gasteiger partial charge in [-0.15, -0.1) is 0 Å². The van der Waals surface area contributed by atoms with Gasteiger partial charge in [0.1, 0.15) is 0 Å². The van der Waals surface area contributed by atoms with E-state index >= 15 is 0 Å². The summed E-state index contributed by atoms with van der Waals surface area (Å²) < 4.78 is 0. The Kier molecular flexibility index (Phi) is 7.22. The van der Waals surface area contributed by atoms with E-state index in [4.69, 9.17) is 4.84 Å². The van der Waals surface area contributed by atoms with Crippen molar-refractivity contribution >= 4 is 11.4 Å². The van der Waals surface area contributed by atoms with Crippen LogP contribution in [0.25, 0.3) is 0 Å². The normalized spacial score (nSPS) is 25.4. The van der Waals surface area contributed by atoms with E-state index in [0.29, 0.717) is 12.1 Å². The molecule has 1 N–H and O–H groups in total. The van der Waals surface area contributed by atoms with Crippen LogP contribution in [0.3, 0.4) is 0 Å². The molecule has 1 aromatic carbocycles. The van der Waals surface area contributed by atoms with Crippen LogP contribution >= 0.6 is 0 Å². The summed E-state index contributed by atoms with van der Waals surface area (Å²) in [5.74, 6) is 0.875. The van der Waals surface area contributed by atoms with E-state index < -0.39 is 0 Å². The molecule has 5 heteroatoms. The van der Waals surface area contributed by atoms with Gasteiger partial charge < -0.3 is 4.90 Å². The molecule has 4 rings (SSSR count). The highest BCUT2D eigenvalue weighted by molar-refractivity contribution is 5.72. The van der Waals surface area contributed by atoms with Gasteiger partial charge in [0.05, 0.1) is 11.4 Å². The monoisotopic (exact) mass is 414 g/mol. The summed E-state index contributed by atoms with van der Waals surface area (Å²) in [7, 11) is 0. The molecular weight excluding hydrogens is 372 g/mol. The van der Waals surface area contributed by atoms with Crippen LogP contribution in [0.1, 0.15) is 71.8 Å². The van der Waals surface area contributed by atoms with E-state index in [9.17, 15) is 0 Å². The van der Waals surface area contributed by atoms with E-state index in [0.717, 1.165) is 18.2 Å². The van der Waals surface area contributed by atoms with Gasteiger partial charge >= 0.3 is 0 Å². The first-order valence-corrected chi connectivity index (χ1v) is 12.4. The Bertz CT molecular complexity index is 686. The molecule has 0 bridgehead atoms. The summed E-state index contributed by atoms with van der Waals surface area (Å²) >= 11 is 0. The smallest absolute Gasteiger partial charge is 0.154 e. The lowest BCUT2D eigenvalue weighted by Crippen LogP contribution is -2.52. The standard InChI is InChI=1S/C25H42N4O/c1-5-7-21(8-6-2)18-28-14-13-27(16-19(28)3)17-22-9-12-24-25(15-22)29(23-10-11-23)20(4)30-26-24/h9,12,15,19-21,23,26H,5-8,10-11,13-14,16-18H2,1-4H3. The highest BCUT2D eigenvalue weighted by Crippen LogP contribution is 2.41. The molecule has 2 fully saturated rings. The summed E-state index contributed by atoms with van der Waals surface area (Å²) in [5.41, 5.74) is 7.00. The number of hydrogen-bond acceptors (Lipinski definition) is 5. The summed E-state index contributed by atoms with van der Waals surface area (Å²) in [5, 5.41) is 0. The second-order valence-corrected chi connectivity index (χ2v) is 9.83. The summed E-state index contributed by atoms with van der Waals surface area (Å²) in [6.07, 6.45) is 8.05. The van der Waals surface area contributed by atoms with Crippen molar-refractivity contribution in [2.45, 2.75) is 91.1 Å². The third-order valence-electron chi connectivity index (χ3n) is 7.15. The van der Waals surface area contributed by atoms with Gasteiger partial charge in [0.15, 0.2) is 6.23 Å². The van der Waals surface area contributed by atoms with Crippen molar-refractivity contribution in [3.05, 3.63) is 23.8 Å². The lowest BCUT2D eigenvalue weighted by molar-refractivity contribution is 0.0636. The molecule has 0 aromatic heterocycles. The molecule has 0 radical (unpaired) electrons. The van der Waals surface area contributed by atoms with Gasteiger partial charge in [0.2, 0.25) is 0 Å². The van der Waals surface area contributed by atoms with Gasteiger partial charge in [-0.05, 0) is 63.1 Å². The fourth-order valence-corrected chi connectivity index (χ4v) is 5.44. The highest BCUT2D eigenvalue weighted by Gasteiger charge is 2.36. The Hall–Kier alpha value is -1.30. The molecule has 1 saturated heterocycles. The van der Waals surface area contributed by atoms with Gasteiger partial charge in [-0.3, -0.25) is 20.1 Å². The molecule has 2 aliphatic heterocycles. The average Bonchev–Trinajstić information content (AvgIpc) is 3.55. The second kappa shape index (κ2) is 9.88. The Morgan fingerprint density at radius 3 is 2.53 bits per heavy atom. The topological polar surface area (TPSA) is 31.0 Å². The van der Waals surface area contributed by atoms with Crippen LogP contribution in [0.2, 0.25) is 0 Å². The first-order chi connectivity index (χ1) is 14.6. The zero-order valence-electron chi connectivity index (χ0n) is 19.6. The third kappa shape index (κ3) is 5.12. The van der Waals surface area contributed by atoms with Crippen LogP contribution in [0.15, 0.2) is 18.2 Å². The number of fused-ring (bicyclic) bond motifs is 1. The molecule has 3 aliphatic rings. The van der Waals surface area contributed by atoms with Crippen LogP contribution in [0, 0.1) is 5.92 Å². The van der Waals surface area contributed by atoms with Crippen LogP contribution in [0.5, 0.6) is 0 Å². The quantitative estimate of drug-likeness (QED) is 0.609. The molecule has 2 heterocycles. The number of piperazine rings is 1. The number of rotatable bonds is 9. The molecule has 1 aliphatic carbocycles. The maximum Gasteiger partial charge on any atom is 0.154 e. The fourth-order valence-electron chi connectivity index (χ4n) is 5.44. The van der Waals surface area contributed by atoms with Crippen molar-refractivity contribution < 1.29 is 4.84 Å². The maximum atomic E-state index is 5.76. The Labute approximate surface area is 183 Å². The Morgan fingerprint density at radius 1 is 1.10 bits per heavy atom. The summed E-state index contributed by atoms with van der Waals surface area (Å²) in [6.45, 7) is 15.1. The zero-order chi connectivity index (χ0) is 21.1. The molecule has 5 nitrogen and oxygen atoms in total. The van der Waals surface area contributed by atoms with Gasteiger partial charge in [0.25, 0.3) is 0 Å². The molecule has 2 atom stereocenters. The molecule has 1 aromatic rings. The number of benzene rings is 1.